The molecule has 1 N–H and O–H groups in total. The van der Waals surface area contributed by atoms with Crippen LogP contribution < -0.4 is 14.8 Å². The molecule has 7 heteroatoms. The third kappa shape index (κ3) is 3.92. The second kappa shape index (κ2) is 8.46. The number of hydrogen-bond donors (Lipinski definition) is 1. The molecular formula is C19H28ClN3O3. The smallest absolute Gasteiger partial charge is 0.237 e. The van der Waals surface area contributed by atoms with E-state index in [0.717, 1.165) is 56.1 Å². The highest BCUT2D eigenvalue weighted by atomic mass is 35.5. The number of piperazine rings is 1. The van der Waals surface area contributed by atoms with Crippen molar-refractivity contribution in [2.75, 3.05) is 45.9 Å². The number of carbonyl (C=O) groups is 1. The first-order valence-electron chi connectivity index (χ1n) is 9.36. The summed E-state index contributed by atoms with van der Waals surface area (Å²) in [5.41, 5.74) is 1.16. The molecule has 1 aromatic rings. The first kappa shape index (κ1) is 19.3. The minimum Gasteiger partial charge on any atom is -0.486 e. The molecule has 2 atom stereocenters. The van der Waals surface area contributed by atoms with E-state index in [1.165, 1.54) is 0 Å². The topological polar surface area (TPSA) is 54.0 Å². The summed E-state index contributed by atoms with van der Waals surface area (Å²) in [5.74, 6) is 1.85. The average Bonchev–Trinajstić information content (AvgIpc) is 3.13. The summed E-state index contributed by atoms with van der Waals surface area (Å²) in [5, 5.41) is 3.38. The van der Waals surface area contributed by atoms with Crippen LogP contribution in [0.5, 0.6) is 11.5 Å². The Morgan fingerprint density at radius 1 is 1.23 bits per heavy atom. The van der Waals surface area contributed by atoms with Crippen molar-refractivity contribution >= 4 is 18.3 Å². The predicted octanol–water partition coefficient (Wildman–Crippen LogP) is 1.84. The molecule has 6 nitrogen and oxygen atoms in total. The van der Waals surface area contributed by atoms with Crippen LogP contribution in [-0.4, -0.2) is 67.7 Å². The van der Waals surface area contributed by atoms with Crippen molar-refractivity contribution in [3.05, 3.63) is 23.8 Å². The molecule has 0 aliphatic carbocycles. The fourth-order valence-corrected chi connectivity index (χ4v) is 4.06. The van der Waals surface area contributed by atoms with Gasteiger partial charge in [-0.1, -0.05) is 6.07 Å². The molecule has 4 rings (SSSR count). The molecule has 0 spiro atoms. The van der Waals surface area contributed by atoms with Crippen LogP contribution in [0.15, 0.2) is 18.2 Å². The van der Waals surface area contributed by atoms with Gasteiger partial charge in [0.2, 0.25) is 5.91 Å². The summed E-state index contributed by atoms with van der Waals surface area (Å²) < 4.78 is 11.3. The molecule has 2 fully saturated rings. The van der Waals surface area contributed by atoms with E-state index in [0.29, 0.717) is 25.8 Å². The maximum Gasteiger partial charge on any atom is 0.237 e. The van der Waals surface area contributed by atoms with Crippen LogP contribution in [-0.2, 0) is 4.79 Å². The van der Waals surface area contributed by atoms with Gasteiger partial charge in [0.15, 0.2) is 11.5 Å². The summed E-state index contributed by atoms with van der Waals surface area (Å²) >= 11 is 0. The number of ether oxygens (including phenoxy) is 2. The van der Waals surface area contributed by atoms with E-state index >= 15 is 0 Å². The molecule has 1 aromatic carbocycles. The zero-order valence-electron chi connectivity index (χ0n) is 15.3. The molecule has 3 heterocycles. The number of hydrogen-bond acceptors (Lipinski definition) is 5. The van der Waals surface area contributed by atoms with Gasteiger partial charge in [0.05, 0.1) is 12.6 Å². The van der Waals surface area contributed by atoms with Crippen LogP contribution in [0.4, 0.5) is 0 Å². The van der Waals surface area contributed by atoms with E-state index in [1.54, 1.807) is 0 Å². The van der Waals surface area contributed by atoms with Crippen molar-refractivity contribution in [2.24, 2.45) is 0 Å². The fraction of sp³-hybridized carbons (Fsp3) is 0.632. The molecule has 3 aliphatic rings. The second-order valence-corrected chi connectivity index (χ2v) is 7.17. The Morgan fingerprint density at radius 2 is 2.04 bits per heavy atom. The zero-order valence-corrected chi connectivity index (χ0v) is 16.1. The van der Waals surface area contributed by atoms with E-state index in [4.69, 9.17) is 9.47 Å². The maximum absolute atomic E-state index is 12.9. The van der Waals surface area contributed by atoms with Crippen molar-refractivity contribution in [2.45, 2.75) is 31.8 Å². The van der Waals surface area contributed by atoms with E-state index in [-0.39, 0.29) is 24.4 Å². The molecule has 2 saturated heterocycles. The van der Waals surface area contributed by atoms with Crippen molar-refractivity contribution in [1.82, 2.24) is 15.1 Å². The molecule has 1 unspecified atom stereocenters. The number of benzene rings is 1. The SMILES string of the molecule is C[C@H]1CNCCN1CC(=O)N1CCCC1c1ccc2c(c1)OCCO2.Cl. The summed E-state index contributed by atoms with van der Waals surface area (Å²) in [7, 11) is 0. The standard InChI is InChI=1S/C19H27N3O3.ClH/c1-14-12-20-6-8-21(14)13-19(23)22-7-2-3-16(22)15-4-5-17-18(11-15)25-10-9-24-17;/h4-5,11,14,16,20H,2-3,6-10,12-13H2,1H3;1H/t14-,16?;/m0./s1. The molecule has 26 heavy (non-hydrogen) atoms. The third-order valence-electron chi connectivity index (χ3n) is 5.50. The number of carbonyl (C=O) groups excluding carboxylic acids is 1. The first-order valence-corrected chi connectivity index (χ1v) is 9.36. The van der Waals surface area contributed by atoms with Crippen LogP contribution in [0, 0.1) is 0 Å². The van der Waals surface area contributed by atoms with Crippen LogP contribution in [0.25, 0.3) is 0 Å². The highest BCUT2D eigenvalue weighted by Crippen LogP contribution is 2.38. The maximum atomic E-state index is 12.9. The lowest BCUT2D eigenvalue weighted by molar-refractivity contribution is -0.134. The molecular weight excluding hydrogens is 354 g/mol. The average molecular weight is 382 g/mol. The number of rotatable bonds is 3. The molecule has 0 bridgehead atoms. The number of fused-ring (bicyclic) bond motifs is 1. The highest BCUT2D eigenvalue weighted by Gasteiger charge is 2.32. The molecule has 1 amide bonds. The normalized spacial score (nSPS) is 25.7. The lowest BCUT2D eigenvalue weighted by atomic mass is 10.0. The van der Waals surface area contributed by atoms with Crippen molar-refractivity contribution in [1.29, 1.82) is 0 Å². The van der Waals surface area contributed by atoms with Crippen molar-refractivity contribution < 1.29 is 14.3 Å². The minimum absolute atomic E-state index is 0. The van der Waals surface area contributed by atoms with Crippen LogP contribution in [0.1, 0.15) is 31.4 Å². The Morgan fingerprint density at radius 3 is 2.85 bits per heavy atom. The summed E-state index contributed by atoms with van der Waals surface area (Å²) in [6.07, 6.45) is 2.07. The third-order valence-corrected chi connectivity index (χ3v) is 5.50. The van der Waals surface area contributed by atoms with Gasteiger partial charge in [-0.3, -0.25) is 9.69 Å². The van der Waals surface area contributed by atoms with Gasteiger partial charge in [-0.2, -0.15) is 0 Å². The van der Waals surface area contributed by atoms with E-state index < -0.39 is 0 Å². The molecule has 3 aliphatic heterocycles. The van der Waals surface area contributed by atoms with Crippen LogP contribution in [0.2, 0.25) is 0 Å². The lowest BCUT2D eigenvalue weighted by Gasteiger charge is -2.35. The van der Waals surface area contributed by atoms with Gasteiger partial charge in [-0.25, -0.2) is 0 Å². The summed E-state index contributed by atoms with van der Waals surface area (Å²) in [6.45, 7) is 7.59. The highest BCUT2D eigenvalue weighted by molar-refractivity contribution is 5.85. The number of nitrogens with zero attached hydrogens (tertiary/aromatic N) is 2. The quantitative estimate of drug-likeness (QED) is 0.865. The minimum atomic E-state index is 0. The Balaban J connectivity index is 0.00000196. The van der Waals surface area contributed by atoms with Gasteiger partial charge in [0.1, 0.15) is 13.2 Å². The Hall–Kier alpha value is -1.50. The lowest BCUT2D eigenvalue weighted by Crippen LogP contribution is -2.53. The first-order chi connectivity index (χ1) is 12.2. The van der Waals surface area contributed by atoms with Gasteiger partial charge >= 0.3 is 0 Å². The Bertz CT molecular complexity index is 642. The molecule has 144 valence electrons. The monoisotopic (exact) mass is 381 g/mol. The summed E-state index contributed by atoms with van der Waals surface area (Å²) in [4.78, 5) is 17.3. The zero-order chi connectivity index (χ0) is 17.2. The fourth-order valence-electron chi connectivity index (χ4n) is 4.06. The van der Waals surface area contributed by atoms with Gasteiger partial charge in [0, 0.05) is 32.2 Å². The molecule has 0 saturated carbocycles. The van der Waals surface area contributed by atoms with Crippen LogP contribution >= 0.6 is 12.4 Å². The van der Waals surface area contributed by atoms with Crippen molar-refractivity contribution in [3.8, 4) is 11.5 Å². The van der Waals surface area contributed by atoms with Gasteiger partial charge < -0.3 is 19.7 Å². The summed E-state index contributed by atoms with van der Waals surface area (Å²) in [6, 6.07) is 6.67. The molecule has 0 radical (unpaired) electrons. The van der Waals surface area contributed by atoms with Crippen molar-refractivity contribution in [3.63, 3.8) is 0 Å². The number of likely N-dealkylation sites (tertiary alicyclic amines) is 1. The van der Waals surface area contributed by atoms with E-state index in [2.05, 4.69) is 34.2 Å². The largest absolute Gasteiger partial charge is 0.486 e. The number of amides is 1. The molecule has 0 aromatic heterocycles. The van der Waals surface area contributed by atoms with E-state index in [9.17, 15) is 4.79 Å². The van der Waals surface area contributed by atoms with Gasteiger partial charge in [-0.15, -0.1) is 12.4 Å². The Labute approximate surface area is 161 Å². The van der Waals surface area contributed by atoms with Crippen LogP contribution in [0.3, 0.4) is 0 Å². The number of halogens is 1. The predicted molar refractivity (Wildman–Crippen MR) is 102 cm³/mol. The van der Waals surface area contributed by atoms with E-state index in [1.807, 2.05) is 6.07 Å². The number of nitrogens with one attached hydrogen (secondary N) is 1. The Kier molecular flexibility index (Phi) is 6.27. The second-order valence-electron chi connectivity index (χ2n) is 7.17. The van der Waals surface area contributed by atoms with Gasteiger partial charge in [-0.05, 0) is 37.5 Å². The van der Waals surface area contributed by atoms with Gasteiger partial charge in [0.25, 0.3) is 0 Å².